The van der Waals surface area contributed by atoms with Crippen LogP contribution in [-0.4, -0.2) is 21.7 Å². The first-order valence-electron chi connectivity index (χ1n) is 6.11. The van der Waals surface area contributed by atoms with Crippen molar-refractivity contribution in [2.45, 2.75) is 26.3 Å². The summed E-state index contributed by atoms with van der Waals surface area (Å²) in [5.74, 6) is 1.74. The Morgan fingerprint density at radius 1 is 1.29 bits per heavy atom. The molecule has 4 heteroatoms. The lowest BCUT2D eigenvalue weighted by molar-refractivity contribution is 0.644. The zero-order valence-electron chi connectivity index (χ0n) is 9.95. The summed E-state index contributed by atoms with van der Waals surface area (Å²) in [5, 5.41) is 10.6. The third kappa shape index (κ3) is 1.96. The number of fused-ring (bicyclic) bond motifs is 1. The Bertz CT molecular complexity index is 530. The minimum absolute atomic E-state index is 0.801. The highest BCUT2D eigenvalue weighted by molar-refractivity contribution is 5.57. The third-order valence-corrected chi connectivity index (χ3v) is 3.22. The monoisotopic (exact) mass is 228 g/mol. The van der Waals surface area contributed by atoms with Crippen LogP contribution in [0.4, 0.5) is 0 Å². The number of nitrogens with zero attached hydrogens (tertiary/aromatic N) is 2. The molecule has 4 nitrogen and oxygen atoms in total. The predicted molar refractivity (Wildman–Crippen MR) is 66.6 cm³/mol. The van der Waals surface area contributed by atoms with Gasteiger partial charge in [-0.25, -0.2) is 4.98 Å². The van der Waals surface area contributed by atoms with Crippen LogP contribution < -0.4 is 5.32 Å². The fraction of sp³-hybridized carbons (Fsp3) is 0.385. The second-order valence-electron chi connectivity index (χ2n) is 4.37. The minimum atomic E-state index is 0.801. The van der Waals surface area contributed by atoms with E-state index in [0.29, 0.717) is 0 Å². The van der Waals surface area contributed by atoms with Gasteiger partial charge in [0.15, 0.2) is 5.82 Å². The fourth-order valence-corrected chi connectivity index (χ4v) is 2.20. The maximum absolute atomic E-state index is 4.46. The summed E-state index contributed by atoms with van der Waals surface area (Å²) in [5.41, 5.74) is 3.92. The Labute approximate surface area is 100 Å². The maximum Gasteiger partial charge on any atom is 0.181 e. The van der Waals surface area contributed by atoms with Gasteiger partial charge in [-0.05, 0) is 30.2 Å². The van der Waals surface area contributed by atoms with Crippen molar-refractivity contribution < 1.29 is 0 Å². The summed E-state index contributed by atoms with van der Waals surface area (Å²) in [4.78, 5) is 4.46. The Kier molecular flexibility index (Phi) is 2.65. The van der Waals surface area contributed by atoms with Crippen LogP contribution in [0.3, 0.4) is 0 Å². The topological polar surface area (TPSA) is 53.6 Å². The summed E-state index contributed by atoms with van der Waals surface area (Å²) in [6.45, 7) is 4.10. The quantitative estimate of drug-likeness (QED) is 0.822. The van der Waals surface area contributed by atoms with Crippen LogP contribution in [0.1, 0.15) is 23.9 Å². The molecule has 0 bridgehead atoms. The van der Waals surface area contributed by atoms with E-state index in [1.54, 1.807) is 0 Å². The SMILES string of the molecule is CCc1nc(-c2ccc3c(c2)CNCC3)n[nH]1. The highest BCUT2D eigenvalue weighted by Gasteiger charge is 2.11. The van der Waals surface area contributed by atoms with Gasteiger partial charge in [-0.1, -0.05) is 19.1 Å². The maximum atomic E-state index is 4.46. The average molecular weight is 228 g/mol. The van der Waals surface area contributed by atoms with Crippen LogP contribution in [0.15, 0.2) is 18.2 Å². The molecular formula is C13H16N4. The molecule has 2 aromatic rings. The van der Waals surface area contributed by atoms with Gasteiger partial charge in [0.25, 0.3) is 0 Å². The Balaban J connectivity index is 1.97. The molecule has 2 N–H and O–H groups in total. The van der Waals surface area contributed by atoms with Crippen LogP contribution in [0.5, 0.6) is 0 Å². The molecule has 1 aromatic heterocycles. The Hall–Kier alpha value is -1.68. The Morgan fingerprint density at radius 3 is 3.06 bits per heavy atom. The second-order valence-corrected chi connectivity index (χ2v) is 4.37. The van der Waals surface area contributed by atoms with Gasteiger partial charge in [0.2, 0.25) is 0 Å². The van der Waals surface area contributed by atoms with Crippen LogP contribution in [0.25, 0.3) is 11.4 Å². The minimum Gasteiger partial charge on any atom is -0.312 e. The highest BCUT2D eigenvalue weighted by Crippen LogP contribution is 2.21. The van der Waals surface area contributed by atoms with Crippen LogP contribution in [0, 0.1) is 0 Å². The molecular weight excluding hydrogens is 212 g/mol. The summed E-state index contributed by atoms with van der Waals surface area (Å²) in [6, 6.07) is 6.52. The van der Waals surface area contributed by atoms with E-state index >= 15 is 0 Å². The molecule has 1 aliphatic heterocycles. The molecule has 1 aliphatic rings. The van der Waals surface area contributed by atoms with E-state index in [1.165, 1.54) is 11.1 Å². The predicted octanol–water partition coefficient (Wildman–Crippen LogP) is 1.68. The van der Waals surface area contributed by atoms with Gasteiger partial charge in [0.05, 0.1) is 0 Å². The Morgan fingerprint density at radius 2 is 2.24 bits per heavy atom. The number of hydrogen-bond acceptors (Lipinski definition) is 3. The molecule has 3 rings (SSSR count). The summed E-state index contributed by atoms with van der Waals surface area (Å²) in [6.07, 6.45) is 2.00. The number of aromatic amines is 1. The molecule has 0 saturated carbocycles. The fourth-order valence-electron chi connectivity index (χ4n) is 2.20. The van der Waals surface area contributed by atoms with Crippen LogP contribution in [0.2, 0.25) is 0 Å². The average Bonchev–Trinajstić information content (AvgIpc) is 2.87. The molecule has 1 aromatic carbocycles. The summed E-state index contributed by atoms with van der Waals surface area (Å²) >= 11 is 0. The molecule has 0 unspecified atom stereocenters. The van der Waals surface area contributed by atoms with Gasteiger partial charge in [-0.3, -0.25) is 5.10 Å². The van der Waals surface area contributed by atoms with E-state index < -0.39 is 0 Å². The molecule has 17 heavy (non-hydrogen) atoms. The first kappa shape index (κ1) is 10.5. The number of rotatable bonds is 2. The van der Waals surface area contributed by atoms with Crippen molar-refractivity contribution in [3.8, 4) is 11.4 Å². The molecule has 0 radical (unpaired) electrons. The van der Waals surface area contributed by atoms with Crippen molar-refractivity contribution in [2.75, 3.05) is 6.54 Å². The van der Waals surface area contributed by atoms with Gasteiger partial charge in [0, 0.05) is 18.5 Å². The first-order chi connectivity index (χ1) is 8.36. The van der Waals surface area contributed by atoms with Crippen LogP contribution >= 0.6 is 0 Å². The van der Waals surface area contributed by atoms with Crippen molar-refractivity contribution in [3.63, 3.8) is 0 Å². The first-order valence-corrected chi connectivity index (χ1v) is 6.11. The van der Waals surface area contributed by atoms with E-state index in [-0.39, 0.29) is 0 Å². The van der Waals surface area contributed by atoms with Crippen molar-refractivity contribution >= 4 is 0 Å². The van der Waals surface area contributed by atoms with Crippen molar-refractivity contribution in [3.05, 3.63) is 35.2 Å². The lowest BCUT2D eigenvalue weighted by Gasteiger charge is -2.17. The molecule has 0 atom stereocenters. The van der Waals surface area contributed by atoms with Gasteiger partial charge in [0.1, 0.15) is 5.82 Å². The third-order valence-electron chi connectivity index (χ3n) is 3.22. The normalized spacial score (nSPS) is 14.6. The standard InChI is InChI=1S/C13H16N4/c1-2-12-15-13(17-16-12)10-4-3-9-5-6-14-8-11(9)7-10/h3-4,7,14H,2,5-6,8H2,1H3,(H,15,16,17). The van der Waals surface area contributed by atoms with Crippen molar-refractivity contribution in [1.29, 1.82) is 0 Å². The highest BCUT2D eigenvalue weighted by atomic mass is 15.2. The zero-order valence-corrected chi connectivity index (χ0v) is 9.95. The number of H-pyrrole nitrogens is 1. The van der Waals surface area contributed by atoms with E-state index in [2.05, 4.69) is 45.6 Å². The molecule has 0 spiro atoms. The molecule has 0 saturated heterocycles. The van der Waals surface area contributed by atoms with Gasteiger partial charge in [-0.2, -0.15) is 5.10 Å². The van der Waals surface area contributed by atoms with E-state index in [1.807, 2.05) is 0 Å². The largest absolute Gasteiger partial charge is 0.312 e. The molecule has 0 amide bonds. The van der Waals surface area contributed by atoms with E-state index in [0.717, 1.165) is 43.1 Å². The van der Waals surface area contributed by atoms with Gasteiger partial charge >= 0.3 is 0 Å². The molecule has 0 aliphatic carbocycles. The lowest BCUT2D eigenvalue weighted by atomic mass is 9.98. The molecule has 88 valence electrons. The van der Waals surface area contributed by atoms with Crippen LogP contribution in [-0.2, 0) is 19.4 Å². The van der Waals surface area contributed by atoms with Gasteiger partial charge in [-0.15, -0.1) is 0 Å². The molecule has 2 heterocycles. The zero-order chi connectivity index (χ0) is 11.7. The number of nitrogens with one attached hydrogen (secondary N) is 2. The number of benzene rings is 1. The smallest absolute Gasteiger partial charge is 0.181 e. The number of aromatic nitrogens is 3. The lowest BCUT2D eigenvalue weighted by Crippen LogP contribution is -2.23. The summed E-state index contributed by atoms with van der Waals surface area (Å²) in [7, 11) is 0. The van der Waals surface area contributed by atoms with Gasteiger partial charge < -0.3 is 5.32 Å². The van der Waals surface area contributed by atoms with Crippen molar-refractivity contribution in [2.24, 2.45) is 0 Å². The van der Waals surface area contributed by atoms with E-state index in [4.69, 9.17) is 0 Å². The second kappa shape index (κ2) is 4.30. The number of aryl methyl sites for hydroxylation is 1. The van der Waals surface area contributed by atoms with E-state index in [9.17, 15) is 0 Å². The molecule has 0 fully saturated rings. The van der Waals surface area contributed by atoms with Crippen molar-refractivity contribution in [1.82, 2.24) is 20.5 Å². The summed E-state index contributed by atoms with van der Waals surface area (Å²) < 4.78 is 0. The number of hydrogen-bond donors (Lipinski definition) is 2.